The molecule has 0 heterocycles. The maximum atomic E-state index is 13.6. The smallest absolute Gasteiger partial charge is 0.257 e. The van der Waals surface area contributed by atoms with Crippen molar-refractivity contribution in [2.45, 2.75) is 0 Å². The zero-order valence-electron chi connectivity index (χ0n) is 10.5. The number of amides is 1. The molecule has 2 rings (SSSR count). The summed E-state index contributed by atoms with van der Waals surface area (Å²) in [4.78, 5) is 12.1. The van der Waals surface area contributed by atoms with Crippen LogP contribution in [-0.4, -0.2) is 13.0 Å². The number of benzene rings is 2. The molecule has 2 N–H and O–H groups in total. The van der Waals surface area contributed by atoms with Crippen LogP contribution in [0.1, 0.15) is 10.4 Å². The van der Waals surface area contributed by atoms with Crippen molar-refractivity contribution in [2.24, 2.45) is 0 Å². The lowest BCUT2D eigenvalue weighted by molar-refractivity contribution is 0.102. The number of hydrogen-bond donors (Lipinski definition) is 2. The minimum Gasteiger partial charge on any atom is -0.385 e. The first kappa shape index (κ1) is 14.3. The van der Waals surface area contributed by atoms with Crippen molar-refractivity contribution in [2.75, 3.05) is 17.7 Å². The first-order valence-electron chi connectivity index (χ1n) is 5.75. The predicted molar refractivity (Wildman–Crippen MR) is 75.3 cm³/mol. The second kappa shape index (κ2) is 5.88. The molecular formula is C14H11ClF2N2O. The van der Waals surface area contributed by atoms with E-state index >= 15 is 0 Å². The number of halogens is 3. The summed E-state index contributed by atoms with van der Waals surface area (Å²) < 4.78 is 27.1. The molecule has 0 aromatic heterocycles. The summed E-state index contributed by atoms with van der Waals surface area (Å²) in [5, 5.41) is 5.25. The Morgan fingerprint density at radius 1 is 1.15 bits per heavy atom. The summed E-state index contributed by atoms with van der Waals surface area (Å²) in [6.45, 7) is 0. The highest BCUT2D eigenvalue weighted by molar-refractivity contribution is 6.31. The maximum Gasteiger partial charge on any atom is 0.257 e. The molecule has 20 heavy (non-hydrogen) atoms. The van der Waals surface area contributed by atoms with E-state index in [4.69, 9.17) is 11.6 Å². The van der Waals surface area contributed by atoms with Gasteiger partial charge in [0, 0.05) is 12.1 Å². The maximum absolute atomic E-state index is 13.6. The summed E-state index contributed by atoms with van der Waals surface area (Å²) in [7, 11) is 1.50. The molecule has 0 aliphatic carbocycles. The highest BCUT2D eigenvalue weighted by atomic mass is 35.5. The van der Waals surface area contributed by atoms with Gasteiger partial charge < -0.3 is 10.6 Å². The Labute approximate surface area is 119 Å². The summed E-state index contributed by atoms with van der Waals surface area (Å²) in [5.41, 5.74) is 0.0631. The van der Waals surface area contributed by atoms with Crippen molar-refractivity contribution in [1.29, 1.82) is 0 Å². The Bertz CT molecular complexity index is 662. The normalized spacial score (nSPS) is 10.2. The zero-order valence-corrected chi connectivity index (χ0v) is 11.3. The molecule has 3 nitrogen and oxygen atoms in total. The molecule has 1 amide bonds. The first-order valence-corrected chi connectivity index (χ1v) is 6.13. The van der Waals surface area contributed by atoms with Gasteiger partial charge in [0.1, 0.15) is 11.6 Å². The molecule has 0 unspecified atom stereocenters. The van der Waals surface area contributed by atoms with Crippen molar-refractivity contribution in [3.05, 3.63) is 58.6 Å². The summed E-state index contributed by atoms with van der Waals surface area (Å²) in [5.74, 6) is -1.81. The first-order chi connectivity index (χ1) is 9.52. The largest absolute Gasteiger partial charge is 0.385 e. The Kier molecular flexibility index (Phi) is 4.20. The Morgan fingerprint density at radius 2 is 1.90 bits per heavy atom. The van der Waals surface area contributed by atoms with E-state index in [0.29, 0.717) is 0 Å². The topological polar surface area (TPSA) is 41.1 Å². The van der Waals surface area contributed by atoms with E-state index in [1.807, 2.05) is 0 Å². The second-order valence-electron chi connectivity index (χ2n) is 3.99. The third-order valence-electron chi connectivity index (χ3n) is 2.68. The zero-order chi connectivity index (χ0) is 14.7. The molecule has 2 aromatic rings. The van der Waals surface area contributed by atoms with Crippen LogP contribution in [0.3, 0.4) is 0 Å². The number of hydrogen-bond acceptors (Lipinski definition) is 2. The molecule has 6 heteroatoms. The van der Waals surface area contributed by atoms with E-state index in [0.717, 1.165) is 6.07 Å². The highest BCUT2D eigenvalue weighted by Gasteiger charge is 2.15. The van der Waals surface area contributed by atoms with Crippen LogP contribution >= 0.6 is 11.6 Å². The lowest BCUT2D eigenvalue weighted by atomic mass is 10.1. The van der Waals surface area contributed by atoms with Crippen LogP contribution in [0, 0.1) is 11.6 Å². The fraction of sp³-hybridized carbons (Fsp3) is 0.0714. The molecule has 0 bridgehead atoms. The molecule has 104 valence electrons. The highest BCUT2D eigenvalue weighted by Crippen LogP contribution is 2.23. The standard InChI is InChI=1S/C14H11ClF2N2O/c1-18-13-9(3-2-4-11(13)17)14(20)19-12-7-8(15)5-6-10(12)16/h2-7,18H,1H3,(H,19,20). The molecule has 0 radical (unpaired) electrons. The predicted octanol–water partition coefficient (Wildman–Crippen LogP) is 3.91. The van der Waals surface area contributed by atoms with E-state index in [1.54, 1.807) is 0 Å². The van der Waals surface area contributed by atoms with Gasteiger partial charge in [-0.1, -0.05) is 17.7 Å². The number of rotatable bonds is 3. The third-order valence-corrected chi connectivity index (χ3v) is 2.92. The molecule has 0 atom stereocenters. The SMILES string of the molecule is CNc1c(F)cccc1C(=O)Nc1cc(Cl)ccc1F. The molecule has 0 saturated carbocycles. The van der Waals surface area contributed by atoms with Crippen LogP contribution in [-0.2, 0) is 0 Å². The summed E-state index contributed by atoms with van der Waals surface area (Å²) >= 11 is 5.74. The Balaban J connectivity index is 2.33. The van der Waals surface area contributed by atoms with E-state index in [1.165, 1.54) is 37.4 Å². The molecule has 2 aromatic carbocycles. The number of nitrogens with one attached hydrogen (secondary N) is 2. The minimum atomic E-state index is -0.630. The number of anilines is 2. The quantitative estimate of drug-likeness (QED) is 0.901. The molecular weight excluding hydrogens is 286 g/mol. The fourth-order valence-electron chi connectivity index (χ4n) is 1.75. The van der Waals surface area contributed by atoms with Crippen LogP contribution in [0.15, 0.2) is 36.4 Å². The van der Waals surface area contributed by atoms with Crippen molar-refractivity contribution in [3.63, 3.8) is 0 Å². The third kappa shape index (κ3) is 2.88. The van der Waals surface area contributed by atoms with Gasteiger partial charge in [0.15, 0.2) is 0 Å². The molecule has 0 fully saturated rings. The van der Waals surface area contributed by atoms with E-state index in [9.17, 15) is 13.6 Å². The number of para-hydroxylation sites is 1. The van der Waals surface area contributed by atoms with Crippen LogP contribution in [0.4, 0.5) is 20.2 Å². The van der Waals surface area contributed by atoms with E-state index in [-0.39, 0.29) is 22.0 Å². The Morgan fingerprint density at radius 3 is 2.60 bits per heavy atom. The fourth-order valence-corrected chi connectivity index (χ4v) is 1.92. The van der Waals surface area contributed by atoms with Crippen molar-refractivity contribution >= 4 is 28.9 Å². The van der Waals surface area contributed by atoms with Crippen molar-refractivity contribution < 1.29 is 13.6 Å². The van der Waals surface area contributed by atoms with Gasteiger partial charge in [0.2, 0.25) is 0 Å². The lowest BCUT2D eigenvalue weighted by Gasteiger charge is -2.11. The summed E-state index contributed by atoms with van der Waals surface area (Å²) in [6, 6.07) is 7.86. The van der Waals surface area contributed by atoms with Gasteiger partial charge in [0.25, 0.3) is 5.91 Å². The number of carbonyl (C=O) groups is 1. The average Bonchev–Trinajstić information content (AvgIpc) is 2.42. The van der Waals surface area contributed by atoms with E-state index < -0.39 is 17.5 Å². The van der Waals surface area contributed by atoms with Crippen LogP contribution in [0.25, 0.3) is 0 Å². The molecule has 0 aliphatic rings. The van der Waals surface area contributed by atoms with Gasteiger partial charge in [0.05, 0.1) is 16.9 Å². The van der Waals surface area contributed by atoms with Crippen LogP contribution in [0.2, 0.25) is 5.02 Å². The molecule has 0 spiro atoms. The van der Waals surface area contributed by atoms with Crippen molar-refractivity contribution in [3.8, 4) is 0 Å². The van der Waals surface area contributed by atoms with Crippen LogP contribution in [0.5, 0.6) is 0 Å². The summed E-state index contributed by atoms with van der Waals surface area (Å²) in [6.07, 6.45) is 0. The average molecular weight is 297 g/mol. The monoisotopic (exact) mass is 296 g/mol. The van der Waals surface area contributed by atoms with Crippen LogP contribution < -0.4 is 10.6 Å². The van der Waals surface area contributed by atoms with Gasteiger partial charge in [-0.05, 0) is 30.3 Å². The number of carbonyl (C=O) groups excluding carboxylic acids is 1. The molecule has 0 saturated heterocycles. The Hall–Kier alpha value is -2.14. The van der Waals surface area contributed by atoms with Gasteiger partial charge in [-0.25, -0.2) is 8.78 Å². The van der Waals surface area contributed by atoms with Gasteiger partial charge in [-0.15, -0.1) is 0 Å². The van der Waals surface area contributed by atoms with Gasteiger partial charge in [-0.3, -0.25) is 4.79 Å². The molecule has 0 aliphatic heterocycles. The second-order valence-corrected chi connectivity index (χ2v) is 4.43. The lowest BCUT2D eigenvalue weighted by Crippen LogP contribution is -2.15. The van der Waals surface area contributed by atoms with Gasteiger partial charge in [-0.2, -0.15) is 0 Å². The van der Waals surface area contributed by atoms with Crippen molar-refractivity contribution in [1.82, 2.24) is 0 Å². The minimum absolute atomic E-state index is 0.0486. The van der Waals surface area contributed by atoms with E-state index in [2.05, 4.69) is 10.6 Å². The van der Waals surface area contributed by atoms with Gasteiger partial charge >= 0.3 is 0 Å².